The predicted molar refractivity (Wildman–Crippen MR) is 90.0 cm³/mol. The number of anilines is 1. The fraction of sp³-hybridized carbons (Fsp3) is 0.667. The Balaban J connectivity index is 2.13. The van der Waals surface area contributed by atoms with Crippen LogP contribution in [0.4, 0.5) is 5.69 Å². The fourth-order valence-electron chi connectivity index (χ4n) is 3.28. The van der Waals surface area contributed by atoms with Crippen molar-refractivity contribution in [2.45, 2.75) is 52.1 Å². The molecule has 1 heterocycles. The van der Waals surface area contributed by atoms with E-state index < -0.39 is 0 Å². The number of ether oxygens (including phenoxy) is 1. The summed E-state index contributed by atoms with van der Waals surface area (Å²) in [5, 5.41) is 3.49. The van der Waals surface area contributed by atoms with Crippen molar-refractivity contribution in [2.75, 3.05) is 31.7 Å². The first kappa shape index (κ1) is 16.3. The van der Waals surface area contributed by atoms with Crippen molar-refractivity contribution in [1.82, 2.24) is 5.32 Å². The van der Waals surface area contributed by atoms with Crippen LogP contribution in [0.3, 0.4) is 0 Å². The average molecular weight is 290 g/mol. The van der Waals surface area contributed by atoms with Crippen LogP contribution in [-0.2, 0) is 11.3 Å². The van der Waals surface area contributed by atoms with Gasteiger partial charge in [0.25, 0.3) is 0 Å². The maximum Gasteiger partial charge on any atom is 0.0587 e. The number of aryl methyl sites for hydroxylation is 1. The third-order valence-electron chi connectivity index (χ3n) is 4.44. The Morgan fingerprint density at radius 3 is 2.95 bits per heavy atom. The molecule has 3 nitrogen and oxygen atoms in total. The summed E-state index contributed by atoms with van der Waals surface area (Å²) in [7, 11) is 1.75. The van der Waals surface area contributed by atoms with Crippen molar-refractivity contribution in [1.29, 1.82) is 0 Å². The molecular formula is C18H30N2O. The van der Waals surface area contributed by atoms with Gasteiger partial charge in [0.1, 0.15) is 0 Å². The Labute approximate surface area is 129 Å². The molecule has 0 amide bonds. The minimum absolute atomic E-state index is 0.708. The maximum atomic E-state index is 5.11. The van der Waals surface area contributed by atoms with Crippen molar-refractivity contribution in [3.05, 3.63) is 29.3 Å². The monoisotopic (exact) mass is 290 g/mol. The summed E-state index contributed by atoms with van der Waals surface area (Å²) in [6.07, 6.45) is 5.27. The molecule has 0 bridgehead atoms. The molecule has 1 aromatic carbocycles. The molecule has 1 atom stereocenters. The van der Waals surface area contributed by atoms with Crippen LogP contribution in [0.1, 0.15) is 43.7 Å². The normalized spacial score (nSPS) is 19.0. The Hall–Kier alpha value is -1.06. The molecule has 1 saturated heterocycles. The highest BCUT2D eigenvalue weighted by molar-refractivity contribution is 5.56. The van der Waals surface area contributed by atoms with E-state index in [1.54, 1.807) is 7.11 Å². The Kier molecular flexibility index (Phi) is 6.52. The lowest BCUT2D eigenvalue weighted by atomic mass is 9.97. The molecule has 1 unspecified atom stereocenters. The smallest absolute Gasteiger partial charge is 0.0587 e. The van der Waals surface area contributed by atoms with Gasteiger partial charge in [-0.05, 0) is 44.2 Å². The van der Waals surface area contributed by atoms with Gasteiger partial charge in [-0.1, -0.05) is 24.6 Å². The first-order valence-corrected chi connectivity index (χ1v) is 8.32. The number of rotatable bonds is 7. The summed E-state index contributed by atoms with van der Waals surface area (Å²) in [6.45, 7) is 8.28. The molecule has 0 aliphatic carbocycles. The van der Waals surface area contributed by atoms with Gasteiger partial charge in [-0.25, -0.2) is 0 Å². The molecule has 0 radical (unpaired) electrons. The summed E-state index contributed by atoms with van der Waals surface area (Å²) < 4.78 is 5.11. The van der Waals surface area contributed by atoms with Gasteiger partial charge in [0.15, 0.2) is 0 Å². The van der Waals surface area contributed by atoms with E-state index in [-0.39, 0.29) is 0 Å². The van der Waals surface area contributed by atoms with E-state index in [0.29, 0.717) is 6.04 Å². The number of nitrogens with one attached hydrogen (secondary N) is 1. The lowest BCUT2D eigenvalue weighted by Crippen LogP contribution is -2.40. The van der Waals surface area contributed by atoms with E-state index in [1.807, 2.05) is 0 Å². The van der Waals surface area contributed by atoms with Crippen LogP contribution in [0.15, 0.2) is 18.2 Å². The molecule has 1 fully saturated rings. The SMILES string of the molecule is CCC1CCCCN1c1ccc(C)cc1CNCCOC. The highest BCUT2D eigenvalue weighted by Crippen LogP contribution is 2.30. The van der Waals surface area contributed by atoms with Crippen molar-refractivity contribution < 1.29 is 4.74 Å². The zero-order chi connectivity index (χ0) is 15.1. The van der Waals surface area contributed by atoms with Gasteiger partial charge >= 0.3 is 0 Å². The first-order chi connectivity index (χ1) is 10.3. The van der Waals surface area contributed by atoms with Gasteiger partial charge in [-0.2, -0.15) is 0 Å². The maximum absolute atomic E-state index is 5.11. The number of methoxy groups -OCH3 is 1. The third kappa shape index (κ3) is 4.45. The number of piperidine rings is 1. The zero-order valence-electron chi connectivity index (χ0n) is 13.8. The molecule has 0 aromatic heterocycles. The molecule has 1 aromatic rings. The number of hydrogen-bond acceptors (Lipinski definition) is 3. The highest BCUT2D eigenvalue weighted by atomic mass is 16.5. The summed E-state index contributed by atoms with van der Waals surface area (Å²) in [6, 6.07) is 7.60. The van der Waals surface area contributed by atoms with Gasteiger partial charge in [0.2, 0.25) is 0 Å². The van der Waals surface area contributed by atoms with Crippen LogP contribution < -0.4 is 10.2 Å². The van der Waals surface area contributed by atoms with E-state index in [2.05, 4.69) is 42.3 Å². The van der Waals surface area contributed by atoms with Crippen molar-refractivity contribution in [2.24, 2.45) is 0 Å². The van der Waals surface area contributed by atoms with E-state index in [1.165, 1.54) is 49.0 Å². The molecule has 1 aliphatic heterocycles. The standard InChI is InChI=1S/C18H30N2O/c1-4-17-7-5-6-11-20(17)18-9-8-15(2)13-16(18)14-19-10-12-21-3/h8-9,13,17,19H,4-7,10-12,14H2,1-3H3. The lowest BCUT2D eigenvalue weighted by molar-refractivity contribution is 0.199. The largest absolute Gasteiger partial charge is 0.383 e. The molecule has 21 heavy (non-hydrogen) atoms. The van der Waals surface area contributed by atoms with Crippen LogP contribution in [0, 0.1) is 6.92 Å². The molecule has 0 saturated carbocycles. The summed E-state index contributed by atoms with van der Waals surface area (Å²) in [4.78, 5) is 2.64. The van der Waals surface area contributed by atoms with E-state index in [4.69, 9.17) is 4.74 Å². The summed E-state index contributed by atoms with van der Waals surface area (Å²) in [5.74, 6) is 0. The van der Waals surface area contributed by atoms with E-state index in [9.17, 15) is 0 Å². The zero-order valence-corrected chi connectivity index (χ0v) is 13.8. The van der Waals surface area contributed by atoms with Crippen molar-refractivity contribution >= 4 is 5.69 Å². The topological polar surface area (TPSA) is 24.5 Å². The second-order valence-electron chi connectivity index (χ2n) is 6.05. The molecule has 0 spiro atoms. The van der Waals surface area contributed by atoms with Gasteiger partial charge in [-0.3, -0.25) is 0 Å². The number of hydrogen-bond donors (Lipinski definition) is 1. The van der Waals surface area contributed by atoms with Crippen LogP contribution in [0.25, 0.3) is 0 Å². The summed E-state index contributed by atoms with van der Waals surface area (Å²) in [5.41, 5.74) is 4.19. The van der Waals surface area contributed by atoms with E-state index in [0.717, 1.165) is 19.7 Å². The minimum atomic E-state index is 0.708. The Bertz CT molecular complexity index is 433. The quantitative estimate of drug-likeness (QED) is 0.778. The fourth-order valence-corrected chi connectivity index (χ4v) is 3.28. The Morgan fingerprint density at radius 1 is 1.33 bits per heavy atom. The Morgan fingerprint density at radius 2 is 2.19 bits per heavy atom. The highest BCUT2D eigenvalue weighted by Gasteiger charge is 2.22. The minimum Gasteiger partial charge on any atom is -0.383 e. The van der Waals surface area contributed by atoms with Gasteiger partial charge in [-0.15, -0.1) is 0 Å². The van der Waals surface area contributed by atoms with Crippen LogP contribution in [0.2, 0.25) is 0 Å². The van der Waals surface area contributed by atoms with Gasteiger partial charge in [0.05, 0.1) is 6.61 Å². The number of nitrogens with zero attached hydrogens (tertiary/aromatic N) is 1. The average Bonchev–Trinajstić information content (AvgIpc) is 2.52. The van der Waals surface area contributed by atoms with E-state index >= 15 is 0 Å². The molecule has 1 N–H and O–H groups in total. The lowest BCUT2D eigenvalue weighted by Gasteiger charge is -2.38. The van der Waals surface area contributed by atoms with Gasteiger partial charge in [0, 0.05) is 38.5 Å². The number of benzene rings is 1. The van der Waals surface area contributed by atoms with Crippen molar-refractivity contribution in [3.63, 3.8) is 0 Å². The predicted octanol–water partition coefficient (Wildman–Crippen LogP) is 3.50. The molecule has 2 rings (SSSR count). The second kappa shape index (κ2) is 8.40. The second-order valence-corrected chi connectivity index (χ2v) is 6.05. The van der Waals surface area contributed by atoms with Crippen LogP contribution in [-0.4, -0.2) is 32.8 Å². The first-order valence-electron chi connectivity index (χ1n) is 8.32. The molecular weight excluding hydrogens is 260 g/mol. The molecule has 3 heteroatoms. The summed E-state index contributed by atoms with van der Waals surface area (Å²) >= 11 is 0. The third-order valence-corrected chi connectivity index (χ3v) is 4.44. The van der Waals surface area contributed by atoms with Crippen LogP contribution >= 0.6 is 0 Å². The molecule has 118 valence electrons. The molecule has 1 aliphatic rings. The van der Waals surface area contributed by atoms with Crippen LogP contribution in [0.5, 0.6) is 0 Å². The van der Waals surface area contributed by atoms with Crippen molar-refractivity contribution in [3.8, 4) is 0 Å². The van der Waals surface area contributed by atoms with Gasteiger partial charge < -0.3 is 15.0 Å².